The Morgan fingerprint density at radius 3 is 2.76 bits per heavy atom. The molecular weight excluding hydrogens is 308 g/mol. The summed E-state index contributed by atoms with van der Waals surface area (Å²) in [5.41, 5.74) is 0. The van der Waals surface area contributed by atoms with E-state index in [0.717, 1.165) is 22.2 Å². The van der Waals surface area contributed by atoms with Gasteiger partial charge in [-0.3, -0.25) is 9.69 Å². The second-order valence-corrected chi connectivity index (χ2v) is 7.39. The molecule has 0 atom stereocenters. The summed E-state index contributed by atoms with van der Waals surface area (Å²) in [6, 6.07) is 4.35. The number of thiophene rings is 1. The minimum absolute atomic E-state index is 0.129. The highest BCUT2D eigenvalue weighted by molar-refractivity contribution is 7.16. The summed E-state index contributed by atoms with van der Waals surface area (Å²) in [5, 5.41) is 8.99. The van der Waals surface area contributed by atoms with Gasteiger partial charge in [0.1, 0.15) is 0 Å². The number of aliphatic hydroxyl groups excluding tert-OH is 1. The first kappa shape index (κ1) is 16.7. The number of hydrogen-bond donors (Lipinski definition) is 1. The molecule has 0 saturated heterocycles. The van der Waals surface area contributed by atoms with Crippen LogP contribution in [-0.2, 0) is 11.3 Å². The van der Waals surface area contributed by atoms with Gasteiger partial charge >= 0.3 is 0 Å². The molecule has 1 aliphatic carbocycles. The molecule has 2 rings (SSSR count). The van der Waals surface area contributed by atoms with Gasteiger partial charge in [-0.05, 0) is 31.4 Å². The largest absolute Gasteiger partial charge is 0.396 e. The summed E-state index contributed by atoms with van der Waals surface area (Å²) in [4.78, 5) is 17.4. The molecule has 0 aliphatic heterocycles. The fourth-order valence-electron chi connectivity index (χ4n) is 2.47. The third kappa shape index (κ3) is 4.95. The topological polar surface area (TPSA) is 43.8 Å². The lowest BCUT2D eigenvalue weighted by atomic mass is 9.91. The maximum Gasteiger partial charge on any atom is 0.236 e. The second kappa shape index (κ2) is 8.13. The highest BCUT2D eigenvalue weighted by Crippen LogP contribution is 2.25. The molecular formula is C15H23ClN2O2S. The molecule has 1 aromatic rings. The average Bonchev–Trinajstić information content (AvgIpc) is 2.79. The lowest BCUT2D eigenvalue weighted by molar-refractivity contribution is -0.132. The van der Waals surface area contributed by atoms with E-state index in [0.29, 0.717) is 19.1 Å². The monoisotopic (exact) mass is 330 g/mol. The van der Waals surface area contributed by atoms with Crippen molar-refractivity contribution in [3.05, 3.63) is 21.3 Å². The van der Waals surface area contributed by atoms with E-state index in [1.165, 1.54) is 30.6 Å². The number of rotatable bonds is 8. The van der Waals surface area contributed by atoms with Crippen molar-refractivity contribution in [2.24, 2.45) is 0 Å². The zero-order valence-electron chi connectivity index (χ0n) is 12.4. The molecule has 4 nitrogen and oxygen atoms in total. The molecule has 118 valence electrons. The predicted octanol–water partition coefficient (Wildman–Crippen LogP) is 2.60. The van der Waals surface area contributed by atoms with Crippen LogP contribution < -0.4 is 0 Å². The minimum atomic E-state index is 0.129. The van der Waals surface area contributed by atoms with E-state index in [1.807, 2.05) is 19.2 Å². The number of nitrogens with zero attached hydrogens (tertiary/aromatic N) is 2. The zero-order chi connectivity index (χ0) is 15.2. The van der Waals surface area contributed by atoms with Crippen LogP contribution in [0.1, 0.15) is 30.6 Å². The third-order valence-corrected chi connectivity index (χ3v) is 5.20. The Labute approximate surface area is 135 Å². The van der Waals surface area contributed by atoms with E-state index in [2.05, 4.69) is 4.90 Å². The third-order valence-electron chi connectivity index (χ3n) is 3.98. The number of carbonyl (C=O) groups excluding carboxylic acids is 1. The van der Waals surface area contributed by atoms with Crippen molar-refractivity contribution in [2.75, 3.05) is 26.7 Å². The number of halogens is 1. The second-order valence-electron chi connectivity index (χ2n) is 5.59. The van der Waals surface area contributed by atoms with Crippen molar-refractivity contribution in [1.82, 2.24) is 9.80 Å². The van der Waals surface area contributed by atoms with Crippen molar-refractivity contribution >= 4 is 28.8 Å². The Morgan fingerprint density at radius 1 is 1.48 bits per heavy atom. The number of hydrogen-bond acceptors (Lipinski definition) is 4. The number of carbonyl (C=O) groups is 1. The maximum atomic E-state index is 12.4. The molecule has 0 radical (unpaired) electrons. The van der Waals surface area contributed by atoms with Crippen LogP contribution in [0.4, 0.5) is 0 Å². The number of aliphatic hydroxyl groups is 1. The predicted molar refractivity (Wildman–Crippen MR) is 86.7 cm³/mol. The molecule has 1 fully saturated rings. The average molecular weight is 331 g/mol. The zero-order valence-corrected chi connectivity index (χ0v) is 14.0. The van der Waals surface area contributed by atoms with Gasteiger partial charge in [-0.15, -0.1) is 11.3 Å². The maximum absolute atomic E-state index is 12.4. The van der Waals surface area contributed by atoms with Gasteiger partial charge in [-0.2, -0.15) is 0 Å². The van der Waals surface area contributed by atoms with Gasteiger partial charge in [0.05, 0.1) is 17.4 Å². The van der Waals surface area contributed by atoms with Crippen molar-refractivity contribution in [1.29, 1.82) is 0 Å². The van der Waals surface area contributed by atoms with Crippen molar-refractivity contribution < 1.29 is 9.90 Å². The minimum Gasteiger partial charge on any atom is -0.396 e. The standard InChI is InChI=1S/C15H23ClN2O2S/c1-17(10-13-6-7-14(16)21-13)15(20)11-18(8-3-9-19)12-4-2-5-12/h6-7,12,19H,2-5,8-11H2,1H3. The molecule has 1 aromatic heterocycles. The van der Waals surface area contributed by atoms with Gasteiger partial charge in [0.2, 0.25) is 5.91 Å². The van der Waals surface area contributed by atoms with E-state index >= 15 is 0 Å². The number of likely N-dealkylation sites (N-methyl/N-ethyl adjacent to an activating group) is 1. The highest BCUT2D eigenvalue weighted by Gasteiger charge is 2.27. The van der Waals surface area contributed by atoms with Crippen LogP contribution in [0.25, 0.3) is 0 Å². The molecule has 0 spiro atoms. The summed E-state index contributed by atoms with van der Waals surface area (Å²) in [7, 11) is 1.83. The summed E-state index contributed by atoms with van der Waals surface area (Å²) in [5.74, 6) is 0.129. The molecule has 1 saturated carbocycles. The molecule has 0 unspecified atom stereocenters. The molecule has 1 N–H and O–H groups in total. The van der Waals surface area contributed by atoms with E-state index in [-0.39, 0.29) is 12.5 Å². The van der Waals surface area contributed by atoms with Crippen LogP contribution in [0.15, 0.2) is 12.1 Å². The van der Waals surface area contributed by atoms with E-state index < -0.39 is 0 Å². The van der Waals surface area contributed by atoms with Gasteiger partial charge in [0.15, 0.2) is 0 Å². The molecule has 1 aliphatic rings. The first-order chi connectivity index (χ1) is 10.1. The lowest BCUT2D eigenvalue weighted by Gasteiger charge is -2.37. The first-order valence-electron chi connectivity index (χ1n) is 7.43. The van der Waals surface area contributed by atoms with Gasteiger partial charge in [0.25, 0.3) is 0 Å². The highest BCUT2D eigenvalue weighted by atomic mass is 35.5. The summed E-state index contributed by atoms with van der Waals surface area (Å²) < 4.78 is 0.755. The van der Waals surface area contributed by atoms with Crippen LogP contribution in [0.2, 0.25) is 4.34 Å². The van der Waals surface area contributed by atoms with Crippen molar-refractivity contribution in [3.8, 4) is 0 Å². The SMILES string of the molecule is CN(Cc1ccc(Cl)s1)C(=O)CN(CCCO)C1CCC1. The van der Waals surface area contributed by atoms with Crippen LogP contribution in [0.3, 0.4) is 0 Å². The summed E-state index contributed by atoms with van der Waals surface area (Å²) in [6.07, 6.45) is 4.32. The van der Waals surface area contributed by atoms with Gasteiger partial charge in [-0.25, -0.2) is 0 Å². The van der Waals surface area contributed by atoms with Gasteiger partial charge in [0, 0.05) is 31.1 Å². The Balaban J connectivity index is 1.84. The summed E-state index contributed by atoms with van der Waals surface area (Å²) >= 11 is 7.43. The smallest absolute Gasteiger partial charge is 0.236 e. The van der Waals surface area contributed by atoms with Crippen molar-refractivity contribution in [3.63, 3.8) is 0 Å². The van der Waals surface area contributed by atoms with Gasteiger partial charge < -0.3 is 10.0 Å². The Hall–Kier alpha value is -0.620. The van der Waals surface area contributed by atoms with Crippen LogP contribution >= 0.6 is 22.9 Å². The van der Waals surface area contributed by atoms with E-state index in [4.69, 9.17) is 16.7 Å². The molecule has 21 heavy (non-hydrogen) atoms. The van der Waals surface area contributed by atoms with Crippen LogP contribution in [0, 0.1) is 0 Å². The Bertz CT molecular complexity index is 462. The van der Waals surface area contributed by atoms with Crippen LogP contribution in [-0.4, -0.2) is 53.6 Å². The Kier molecular flexibility index (Phi) is 6.48. The first-order valence-corrected chi connectivity index (χ1v) is 8.62. The molecule has 0 bridgehead atoms. The summed E-state index contributed by atoms with van der Waals surface area (Å²) in [6.45, 7) is 2.03. The quantitative estimate of drug-likeness (QED) is 0.796. The van der Waals surface area contributed by atoms with Crippen molar-refractivity contribution in [2.45, 2.75) is 38.3 Å². The lowest BCUT2D eigenvalue weighted by Crippen LogP contribution is -2.46. The fraction of sp³-hybridized carbons (Fsp3) is 0.667. The molecule has 1 heterocycles. The van der Waals surface area contributed by atoms with E-state index in [9.17, 15) is 4.79 Å². The normalized spacial score (nSPS) is 15.2. The Morgan fingerprint density at radius 2 is 2.24 bits per heavy atom. The molecule has 6 heteroatoms. The fourth-order valence-corrected chi connectivity index (χ4v) is 3.61. The molecule has 1 amide bonds. The number of amides is 1. The molecule has 0 aromatic carbocycles. The van der Waals surface area contributed by atoms with Crippen LogP contribution in [0.5, 0.6) is 0 Å². The van der Waals surface area contributed by atoms with E-state index in [1.54, 1.807) is 4.90 Å². The van der Waals surface area contributed by atoms with Gasteiger partial charge in [-0.1, -0.05) is 18.0 Å².